The number of amides is 1. The minimum Gasteiger partial charge on any atom is -0.481 e. The van der Waals surface area contributed by atoms with Crippen molar-refractivity contribution in [1.82, 2.24) is 4.90 Å². The van der Waals surface area contributed by atoms with Crippen LogP contribution >= 0.6 is 23.4 Å². The van der Waals surface area contributed by atoms with Crippen molar-refractivity contribution in [3.05, 3.63) is 34.5 Å². The lowest BCUT2D eigenvalue weighted by Crippen LogP contribution is -2.47. The first-order chi connectivity index (χ1) is 11.0. The second-order valence-electron chi connectivity index (χ2n) is 5.52. The zero-order chi connectivity index (χ0) is 16.6. The van der Waals surface area contributed by atoms with Gasteiger partial charge in [0.2, 0.25) is 0 Å². The monoisotopic (exact) mass is 353 g/mol. The van der Waals surface area contributed by atoms with Crippen molar-refractivity contribution in [2.24, 2.45) is 0 Å². The van der Waals surface area contributed by atoms with Gasteiger partial charge in [0.25, 0.3) is 5.91 Å². The molecule has 0 spiro atoms. The minimum atomic E-state index is -0.900. The van der Waals surface area contributed by atoms with Gasteiger partial charge in [0.05, 0.1) is 12.5 Å². The molecule has 1 saturated heterocycles. The van der Waals surface area contributed by atoms with Crippen LogP contribution in [-0.2, 0) is 4.79 Å². The van der Waals surface area contributed by atoms with Crippen LogP contribution in [0.4, 0.5) is 0 Å². The highest BCUT2D eigenvalue weighted by molar-refractivity contribution is 7.99. The summed E-state index contributed by atoms with van der Waals surface area (Å²) in [6.07, 6.45) is -0.0517. The second kappa shape index (κ2) is 6.45. The highest BCUT2D eigenvalue weighted by atomic mass is 35.5. The molecule has 3 rings (SSSR count). The summed E-state index contributed by atoms with van der Waals surface area (Å²) in [6, 6.07) is 4.91. The van der Waals surface area contributed by atoms with E-state index in [0.29, 0.717) is 22.9 Å². The Balaban J connectivity index is 1.95. The predicted octanol–water partition coefficient (Wildman–Crippen LogP) is 3.43. The Morgan fingerprint density at radius 1 is 1.48 bits per heavy atom. The van der Waals surface area contributed by atoms with E-state index in [4.69, 9.17) is 21.1 Å². The zero-order valence-corrected chi connectivity index (χ0v) is 14.1. The van der Waals surface area contributed by atoms with Gasteiger partial charge in [-0.3, -0.25) is 9.59 Å². The third-order valence-corrected chi connectivity index (χ3v) is 5.32. The van der Waals surface area contributed by atoms with E-state index in [9.17, 15) is 9.59 Å². The lowest BCUT2D eigenvalue weighted by atomic mass is 10.1. The number of fused-ring (bicyclic) bond motifs is 1. The molecule has 2 aromatic rings. The van der Waals surface area contributed by atoms with E-state index in [0.717, 1.165) is 16.7 Å². The maximum atomic E-state index is 12.9. The van der Waals surface area contributed by atoms with Crippen molar-refractivity contribution in [3.63, 3.8) is 0 Å². The molecule has 7 heteroatoms. The summed E-state index contributed by atoms with van der Waals surface area (Å²) in [7, 11) is 0. The number of carbonyl (C=O) groups excluding carboxylic acids is 1. The summed E-state index contributed by atoms with van der Waals surface area (Å²) in [5.74, 6) is 0.546. The van der Waals surface area contributed by atoms with Gasteiger partial charge >= 0.3 is 5.97 Å². The third kappa shape index (κ3) is 3.19. The predicted molar refractivity (Wildman–Crippen MR) is 90.4 cm³/mol. The first-order valence-electron chi connectivity index (χ1n) is 7.26. The molecule has 1 aliphatic heterocycles. The number of carboxylic acid groups (broad SMARTS) is 1. The fourth-order valence-electron chi connectivity index (χ4n) is 2.82. The standard InChI is InChI=1S/C16H16ClNO4S/c1-9-12-6-10(17)2-3-13(12)22-15(9)16(21)18-4-5-23-8-11(18)7-14(19)20/h2-3,6,11H,4-5,7-8H2,1H3,(H,19,20). The second-order valence-corrected chi connectivity index (χ2v) is 7.11. The normalized spacial score (nSPS) is 18.3. The number of thioether (sulfide) groups is 1. The number of halogens is 1. The quantitative estimate of drug-likeness (QED) is 0.915. The summed E-state index contributed by atoms with van der Waals surface area (Å²) in [6.45, 7) is 2.35. The maximum Gasteiger partial charge on any atom is 0.305 e. The summed E-state index contributed by atoms with van der Waals surface area (Å²) in [4.78, 5) is 25.5. The van der Waals surface area contributed by atoms with E-state index in [2.05, 4.69) is 0 Å². The Kier molecular flexibility index (Phi) is 4.55. The fraction of sp³-hybridized carbons (Fsp3) is 0.375. The molecule has 1 unspecified atom stereocenters. The lowest BCUT2D eigenvalue weighted by Gasteiger charge is -2.34. The van der Waals surface area contributed by atoms with Crippen molar-refractivity contribution >= 4 is 46.2 Å². The molecule has 1 fully saturated rings. The summed E-state index contributed by atoms with van der Waals surface area (Å²) < 4.78 is 5.72. The van der Waals surface area contributed by atoms with E-state index in [1.807, 2.05) is 6.92 Å². The molecule has 5 nitrogen and oxygen atoms in total. The van der Waals surface area contributed by atoms with Crippen LogP contribution < -0.4 is 0 Å². The van der Waals surface area contributed by atoms with Crippen molar-refractivity contribution in [2.75, 3.05) is 18.1 Å². The zero-order valence-electron chi connectivity index (χ0n) is 12.5. The first kappa shape index (κ1) is 16.2. The molecule has 0 saturated carbocycles. The number of benzene rings is 1. The van der Waals surface area contributed by atoms with E-state index in [1.165, 1.54) is 0 Å². The Morgan fingerprint density at radius 3 is 3.00 bits per heavy atom. The molecule has 1 aromatic heterocycles. The van der Waals surface area contributed by atoms with Gasteiger partial charge in [-0.1, -0.05) is 11.6 Å². The molecule has 0 aliphatic carbocycles. The lowest BCUT2D eigenvalue weighted by molar-refractivity contribution is -0.138. The number of aryl methyl sites for hydroxylation is 1. The van der Waals surface area contributed by atoms with Gasteiger partial charge in [-0.2, -0.15) is 11.8 Å². The van der Waals surface area contributed by atoms with Crippen LogP contribution in [0.3, 0.4) is 0 Å². The van der Waals surface area contributed by atoms with Gasteiger partial charge < -0.3 is 14.4 Å². The van der Waals surface area contributed by atoms with Crippen LogP contribution in [-0.4, -0.2) is 46.0 Å². The Labute approximate surface area is 142 Å². The van der Waals surface area contributed by atoms with Gasteiger partial charge in [0, 0.05) is 34.0 Å². The van der Waals surface area contributed by atoms with E-state index in [-0.39, 0.29) is 24.1 Å². The van der Waals surface area contributed by atoms with Gasteiger partial charge in [0.1, 0.15) is 5.58 Å². The highest BCUT2D eigenvalue weighted by Gasteiger charge is 2.32. The van der Waals surface area contributed by atoms with Gasteiger partial charge in [-0.05, 0) is 25.1 Å². The number of hydrogen-bond acceptors (Lipinski definition) is 4. The fourth-order valence-corrected chi connectivity index (χ4v) is 4.05. The number of aliphatic carboxylic acids is 1. The van der Waals surface area contributed by atoms with Crippen molar-refractivity contribution < 1.29 is 19.1 Å². The summed E-state index contributed by atoms with van der Waals surface area (Å²) in [5.41, 5.74) is 1.34. The summed E-state index contributed by atoms with van der Waals surface area (Å²) in [5, 5.41) is 10.4. The van der Waals surface area contributed by atoms with Crippen molar-refractivity contribution in [3.8, 4) is 0 Å². The highest BCUT2D eigenvalue weighted by Crippen LogP contribution is 2.30. The molecular formula is C16H16ClNO4S. The van der Waals surface area contributed by atoms with Crippen LogP contribution in [0, 0.1) is 6.92 Å². The Hall–Kier alpha value is -1.66. The number of carbonyl (C=O) groups is 2. The number of furan rings is 1. The van der Waals surface area contributed by atoms with Crippen LogP contribution in [0.1, 0.15) is 22.5 Å². The topological polar surface area (TPSA) is 70.8 Å². The van der Waals surface area contributed by atoms with E-state index < -0.39 is 5.97 Å². The van der Waals surface area contributed by atoms with Crippen molar-refractivity contribution in [2.45, 2.75) is 19.4 Å². The molecule has 122 valence electrons. The van der Waals surface area contributed by atoms with Crippen molar-refractivity contribution in [1.29, 1.82) is 0 Å². The van der Waals surface area contributed by atoms with Crippen LogP contribution in [0.5, 0.6) is 0 Å². The molecule has 0 radical (unpaired) electrons. The average molecular weight is 354 g/mol. The van der Waals surface area contributed by atoms with Gasteiger partial charge in [-0.25, -0.2) is 0 Å². The molecule has 23 heavy (non-hydrogen) atoms. The first-order valence-corrected chi connectivity index (χ1v) is 8.80. The molecule has 1 aliphatic rings. The molecular weight excluding hydrogens is 338 g/mol. The Bertz CT molecular complexity index is 773. The number of carboxylic acids is 1. The third-order valence-electron chi connectivity index (χ3n) is 3.99. The number of nitrogens with zero attached hydrogens (tertiary/aromatic N) is 1. The number of hydrogen-bond donors (Lipinski definition) is 1. The molecule has 2 heterocycles. The summed E-state index contributed by atoms with van der Waals surface area (Å²) >= 11 is 7.67. The minimum absolute atomic E-state index is 0.0517. The maximum absolute atomic E-state index is 12.9. The molecule has 1 atom stereocenters. The van der Waals surface area contributed by atoms with E-state index in [1.54, 1.807) is 34.9 Å². The average Bonchev–Trinajstić information content (AvgIpc) is 2.83. The molecule has 1 amide bonds. The van der Waals surface area contributed by atoms with Crippen LogP contribution in [0.2, 0.25) is 5.02 Å². The molecule has 1 N–H and O–H groups in total. The van der Waals surface area contributed by atoms with Crippen LogP contribution in [0.15, 0.2) is 22.6 Å². The SMILES string of the molecule is Cc1c(C(=O)N2CCSCC2CC(=O)O)oc2ccc(Cl)cc12. The smallest absolute Gasteiger partial charge is 0.305 e. The largest absolute Gasteiger partial charge is 0.481 e. The van der Waals surface area contributed by atoms with E-state index >= 15 is 0 Å². The number of rotatable bonds is 3. The Morgan fingerprint density at radius 2 is 2.26 bits per heavy atom. The molecule has 1 aromatic carbocycles. The van der Waals surface area contributed by atoms with Crippen LogP contribution in [0.25, 0.3) is 11.0 Å². The van der Waals surface area contributed by atoms with Gasteiger partial charge in [0.15, 0.2) is 5.76 Å². The van der Waals surface area contributed by atoms with Gasteiger partial charge in [-0.15, -0.1) is 0 Å². The molecule has 0 bridgehead atoms.